The third-order valence-electron chi connectivity index (χ3n) is 3.90. The van der Waals surface area contributed by atoms with Crippen LogP contribution in [0.3, 0.4) is 0 Å². The first-order chi connectivity index (χ1) is 11.2. The molecule has 0 radical (unpaired) electrons. The molecule has 0 saturated carbocycles. The molecule has 0 spiro atoms. The Morgan fingerprint density at radius 2 is 2.00 bits per heavy atom. The Balaban J connectivity index is 1.49. The highest BCUT2D eigenvalue weighted by molar-refractivity contribution is 6.30. The number of nitrogens with one attached hydrogen (secondary N) is 2. The predicted octanol–water partition coefficient (Wildman–Crippen LogP) is 2.72. The summed E-state index contributed by atoms with van der Waals surface area (Å²) >= 11 is 5.81. The Morgan fingerprint density at radius 3 is 2.83 bits per heavy atom. The number of fused-ring (bicyclic) bond motifs is 1. The molecule has 1 heterocycles. The summed E-state index contributed by atoms with van der Waals surface area (Å²) in [5.41, 5.74) is 2.61. The van der Waals surface area contributed by atoms with E-state index in [-0.39, 0.29) is 18.6 Å². The highest BCUT2D eigenvalue weighted by atomic mass is 35.5. The van der Waals surface area contributed by atoms with Gasteiger partial charge in [-0.3, -0.25) is 4.79 Å². The van der Waals surface area contributed by atoms with E-state index in [1.165, 1.54) is 11.1 Å². The molecule has 1 atom stereocenters. The maximum absolute atomic E-state index is 11.9. The van der Waals surface area contributed by atoms with Gasteiger partial charge in [0.1, 0.15) is 5.75 Å². The minimum Gasteiger partial charge on any atom is -0.484 e. The fourth-order valence-electron chi connectivity index (χ4n) is 2.72. The molecule has 0 fully saturated rings. The predicted molar refractivity (Wildman–Crippen MR) is 90.8 cm³/mol. The quantitative estimate of drug-likeness (QED) is 0.886. The van der Waals surface area contributed by atoms with Crippen molar-refractivity contribution in [1.82, 2.24) is 10.6 Å². The zero-order valence-corrected chi connectivity index (χ0v) is 13.5. The molecule has 1 unspecified atom stereocenters. The van der Waals surface area contributed by atoms with Gasteiger partial charge in [0.2, 0.25) is 0 Å². The van der Waals surface area contributed by atoms with Crippen molar-refractivity contribution in [1.29, 1.82) is 0 Å². The van der Waals surface area contributed by atoms with Crippen molar-refractivity contribution >= 4 is 17.5 Å². The topological polar surface area (TPSA) is 50.4 Å². The van der Waals surface area contributed by atoms with Gasteiger partial charge < -0.3 is 15.4 Å². The molecule has 0 saturated heterocycles. The zero-order chi connectivity index (χ0) is 16.1. The van der Waals surface area contributed by atoms with E-state index in [9.17, 15) is 4.79 Å². The molecule has 120 valence electrons. The van der Waals surface area contributed by atoms with Crippen LogP contribution in [0.2, 0.25) is 5.02 Å². The summed E-state index contributed by atoms with van der Waals surface area (Å²) in [6, 6.07) is 15.5. The van der Waals surface area contributed by atoms with E-state index in [2.05, 4.69) is 28.8 Å². The van der Waals surface area contributed by atoms with Crippen LogP contribution in [0.5, 0.6) is 5.75 Å². The Labute approximate surface area is 140 Å². The molecule has 2 aromatic carbocycles. The van der Waals surface area contributed by atoms with Crippen molar-refractivity contribution in [2.24, 2.45) is 0 Å². The van der Waals surface area contributed by atoms with Crippen LogP contribution in [0.4, 0.5) is 0 Å². The van der Waals surface area contributed by atoms with Crippen molar-refractivity contribution in [2.75, 3.05) is 19.7 Å². The van der Waals surface area contributed by atoms with E-state index in [0.29, 0.717) is 17.3 Å². The fraction of sp³-hybridized carbons (Fsp3) is 0.278. The van der Waals surface area contributed by atoms with Crippen LogP contribution in [-0.4, -0.2) is 25.6 Å². The first-order valence-corrected chi connectivity index (χ1v) is 8.06. The summed E-state index contributed by atoms with van der Waals surface area (Å²) < 4.78 is 5.44. The lowest BCUT2D eigenvalue weighted by Crippen LogP contribution is -2.40. The van der Waals surface area contributed by atoms with Crippen LogP contribution >= 0.6 is 11.6 Å². The highest BCUT2D eigenvalue weighted by Crippen LogP contribution is 2.21. The summed E-state index contributed by atoms with van der Waals surface area (Å²) in [5, 5.41) is 7.01. The Hall–Kier alpha value is -2.04. The Bertz CT molecular complexity index is 673. The van der Waals surface area contributed by atoms with Crippen molar-refractivity contribution < 1.29 is 9.53 Å². The summed E-state index contributed by atoms with van der Waals surface area (Å²) in [6.07, 6.45) is 1.03. The lowest BCUT2D eigenvalue weighted by molar-refractivity contribution is -0.123. The number of rotatable bonds is 5. The Morgan fingerprint density at radius 1 is 1.22 bits per heavy atom. The maximum Gasteiger partial charge on any atom is 0.258 e. The standard InChI is InChI=1S/C18H19ClN2O2/c19-14-5-7-15(8-6-14)23-12-18(22)21-11-17-16-4-2-1-3-13(16)9-10-20-17/h1-8,17,20H,9-12H2,(H,21,22). The first-order valence-electron chi connectivity index (χ1n) is 7.68. The van der Waals surface area contributed by atoms with Crippen LogP contribution in [-0.2, 0) is 11.2 Å². The van der Waals surface area contributed by atoms with Gasteiger partial charge in [0.05, 0.1) is 0 Å². The largest absolute Gasteiger partial charge is 0.484 e. The van der Waals surface area contributed by atoms with Crippen molar-refractivity contribution in [3.8, 4) is 5.75 Å². The number of carbonyl (C=O) groups is 1. The normalized spacial score (nSPS) is 16.5. The second kappa shape index (κ2) is 7.49. The third kappa shape index (κ3) is 4.24. The van der Waals surface area contributed by atoms with Gasteiger partial charge in [-0.1, -0.05) is 35.9 Å². The van der Waals surface area contributed by atoms with E-state index in [4.69, 9.17) is 16.3 Å². The number of ether oxygens (including phenoxy) is 1. The molecule has 1 aliphatic heterocycles. The summed E-state index contributed by atoms with van der Waals surface area (Å²) in [4.78, 5) is 11.9. The minimum atomic E-state index is -0.134. The number of hydrogen-bond donors (Lipinski definition) is 2. The number of hydrogen-bond acceptors (Lipinski definition) is 3. The van der Waals surface area contributed by atoms with Crippen LogP contribution in [0, 0.1) is 0 Å². The van der Waals surface area contributed by atoms with E-state index in [1.54, 1.807) is 24.3 Å². The van der Waals surface area contributed by atoms with Crippen LogP contribution in [0.25, 0.3) is 0 Å². The fourth-order valence-corrected chi connectivity index (χ4v) is 2.85. The van der Waals surface area contributed by atoms with Gasteiger partial charge in [0, 0.05) is 17.6 Å². The molecule has 3 rings (SSSR count). The summed E-state index contributed by atoms with van der Waals surface area (Å²) in [5.74, 6) is 0.496. The van der Waals surface area contributed by atoms with E-state index in [0.717, 1.165) is 13.0 Å². The van der Waals surface area contributed by atoms with Gasteiger partial charge >= 0.3 is 0 Å². The number of halogens is 1. The van der Waals surface area contributed by atoms with Gasteiger partial charge in [-0.05, 0) is 48.4 Å². The van der Waals surface area contributed by atoms with Crippen molar-refractivity contribution in [2.45, 2.75) is 12.5 Å². The van der Waals surface area contributed by atoms with Gasteiger partial charge in [-0.15, -0.1) is 0 Å². The highest BCUT2D eigenvalue weighted by Gasteiger charge is 2.19. The molecule has 5 heteroatoms. The lowest BCUT2D eigenvalue weighted by Gasteiger charge is -2.27. The molecular formula is C18H19ClN2O2. The first kappa shape index (κ1) is 15.8. The second-order valence-corrected chi connectivity index (χ2v) is 5.94. The minimum absolute atomic E-state index is 0.00397. The zero-order valence-electron chi connectivity index (χ0n) is 12.7. The monoisotopic (exact) mass is 330 g/mol. The molecule has 0 aromatic heterocycles. The molecule has 0 aliphatic carbocycles. The van der Waals surface area contributed by atoms with Gasteiger partial charge in [-0.2, -0.15) is 0 Å². The van der Waals surface area contributed by atoms with Crippen molar-refractivity contribution in [3.05, 3.63) is 64.7 Å². The number of benzene rings is 2. The van der Waals surface area contributed by atoms with Gasteiger partial charge in [-0.25, -0.2) is 0 Å². The van der Waals surface area contributed by atoms with Crippen LogP contribution < -0.4 is 15.4 Å². The molecule has 23 heavy (non-hydrogen) atoms. The molecule has 0 bridgehead atoms. The molecular weight excluding hydrogens is 312 g/mol. The molecule has 4 nitrogen and oxygen atoms in total. The maximum atomic E-state index is 11.9. The summed E-state index contributed by atoms with van der Waals surface area (Å²) in [7, 11) is 0. The van der Waals surface area contributed by atoms with Gasteiger partial charge in [0.15, 0.2) is 6.61 Å². The second-order valence-electron chi connectivity index (χ2n) is 5.50. The van der Waals surface area contributed by atoms with E-state index >= 15 is 0 Å². The van der Waals surface area contributed by atoms with E-state index in [1.807, 2.05) is 6.07 Å². The van der Waals surface area contributed by atoms with Crippen molar-refractivity contribution in [3.63, 3.8) is 0 Å². The lowest BCUT2D eigenvalue weighted by atomic mass is 9.94. The Kier molecular flexibility index (Phi) is 5.16. The molecule has 2 aromatic rings. The van der Waals surface area contributed by atoms with Crippen LogP contribution in [0.15, 0.2) is 48.5 Å². The SMILES string of the molecule is O=C(COc1ccc(Cl)cc1)NCC1NCCc2ccccc21. The number of amides is 1. The molecule has 1 amide bonds. The summed E-state index contributed by atoms with van der Waals surface area (Å²) in [6.45, 7) is 1.48. The average Bonchev–Trinajstić information content (AvgIpc) is 2.59. The molecule has 2 N–H and O–H groups in total. The van der Waals surface area contributed by atoms with E-state index < -0.39 is 0 Å². The molecule has 1 aliphatic rings. The number of carbonyl (C=O) groups excluding carboxylic acids is 1. The third-order valence-corrected chi connectivity index (χ3v) is 4.15. The van der Waals surface area contributed by atoms with Crippen LogP contribution in [0.1, 0.15) is 17.2 Å². The smallest absolute Gasteiger partial charge is 0.258 e. The van der Waals surface area contributed by atoms with Gasteiger partial charge in [0.25, 0.3) is 5.91 Å². The average molecular weight is 331 g/mol.